The zero-order valence-electron chi connectivity index (χ0n) is 15.0. The van der Waals surface area contributed by atoms with E-state index < -0.39 is 11.7 Å². The summed E-state index contributed by atoms with van der Waals surface area (Å²) >= 11 is 0. The highest BCUT2D eigenvalue weighted by Crippen LogP contribution is 2.34. The quantitative estimate of drug-likeness (QED) is 0.875. The molecule has 2 aliphatic heterocycles. The van der Waals surface area contributed by atoms with Gasteiger partial charge in [0.05, 0.1) is 11.3 Å². The highest BCUT2D eigenvalue weighted by molar-refractivity contribution is 6.01. The SMILES string of the molecule is O=C1CC(c2ccc(C(F)(F)F)cc2)CCN1C1CC(c2ccncc2)=NN1. The fourth-order valence-electron chi connectivity index (χ4n) is 3.74. The van der Waals surface area contributed by atoms with E-state index >= 15 is 0 Å². The van der Waals surface area contributed by atoms with Gasteiger partial charge >= 0.3 is 6.18 Å². The zero-order chi connectivity index (χ0) is 19.7. The maximum atomic E-state index is 12.7. The average Bonchev–Trinajstić information content (AvgIpc) is 3.18. The lowest BCUT2D eigenvalue weighted by Crippen LogP contribution is -2.49. The third-order valence-electron chi connectivity index (χ3n) is 5.29. The second-order valence-corrected chi connectivity index (χ2v) is 7.04. The van der Waals surface area contributed by atoms with Crippen molar-refractivity contribution in [1.82, 2.24) is 15.3 Å². The van der Waals surface area contributed by atoms with E-state index in [0.717, 1.165) is 29.0 Å². The van der Waals surface area contributed by atoms with E-state index in [1.54, 1.807) is 17.3 Å². The molecule has 5 nitrogen and oxygen atoms in total. The lowest BCUT2D eigenvalue weighted by Gasteiger charge is -2.35. The number of aromatic nitrogens is 1. The molecule has 8 heteroatoms. The van der Waals surface area contributed by atoms with Crippen molar-refractivity contribution in [2.45, 2.75) is 37.5 Å². The molecule has 1 N–H and O–H groups in total. The predicted octanol–water partition coefficient (Wildman–Crippen LogP) is 3.53. The molecule has 0 aliphatic carbocycles. The molecule has 0 spiro atoms. The molecule has 1 saturated heterocycles. The van der Waals surface area contributed by atoms with Gasteiger partial charge in [0.15, 0.2) is 0 Å². The number of halogens is 3. The molecule has 1 aromatic carbocycles. The molecule has 0 radical (unpaired) electrons. The van der Waals surface area contributed by atoms with E-state index in [0.29, 0.717) is 19.4 Å². The molecular formula is C20H19F3N4O. The minimum absolute atomic E-state index is 0.0140. The Bertz CT molecular complexity index is 881. The van der Waals surface area contributed by atoms with Crippen molar-refractivity contribution < 1.29 is 18.0 Å². The first-order valence-corrected chi connectivity index (χ1v) is 9.11. The van der Waals surface area contributed by atoms with Gasteiger partial charge in [0.25, 0.3) is 0 Å². The van der Waals surface area contributed by atoms with Crippen molar-refractivity contribution >= 4 is 11.6 Å². The first-order chi connectivity index (χ1) is 13.4. The minimum Gasteiger partial charge on any atom is -0.321 e. The van der Waals surface area contributed by atoms with Gasteiger partial charge < -0.3 is 4.90 Å². The van der Waals surface area contributed by atoms with Gasteiger partial charge in [-0.15, -0.1) is 0 Å². The van der Waals surface area contributed by atoms with Gasteiger partial charge in [0.2, 0.25) is 5.91 Å². The van der Waals surface area contributed by atoms with Crippen molar-refractivity contribution in [2.75, 3.05) is 6.54 Å². The fourth-order valence-corrected chi connectivity index (χ4v) is 3.74. The van der Waals surface area contributed by atoms with Crippen LogP contribution in [0.5, 0.6) is 0 Å². The highest BCUT2D eigenvalue weighted by Gasteiger charge is 2.35. The fraction of sp³-hybridized carbons (Fsp3) is 0.350. The van der Waals surface area contributed by atoms with Crippen LogP contribution in [0, 0.1) is 0 Å². The number of hydrazone groups is 1. The largest absolute Gasteiger partial charge is 0.416 e. The Kier molecular flexibility index (Phi) is 4.78. The number of piperidine rings is 1. The maximum Gasteiger partial charge on any atom is 0.416 e. The second-order valence-electron chi connectivity index (χ2n) is 7.04. The zero-order valence-corrected chi connectivity index (χ0v) is 15.0. The first-order valence-electron chi connectivity index (χ1n) is 9.11. The van der Waals surface area contributed by atoms with Crippen LogP contribution in [0.2, 0.25) is 0 Å². The molecule has 2 aliphatic rings. The summed E-state index contributed by atoms with van der Waals surface area (Å²) in [6.45, 7) is 0.543. The van der Waals surface area contributed by atoms with Gasteiger partial charge in [0, 0.05) is 37.3 Å². The number of carbonyl (C=O) groups excluding carboxylic acids is 1. The van der Waals surface area contributed by atoms with Gasteiger partial charge in [-0.1, -0.05) is 12.1 Å². The van der Waals surface area contributed by atoms with Gasteiger partial charge in [0.1, 0.15) is 6.17 Å². The Hall–Kier alpha value is -2.90. The summed E-state index contributed by atoms with van der Waals surface area (Å²) in [5.74, 6) is -0.0761. The molecule has 0 bridgehead atoms. The number of rotatable bonds is 3. The number of benzene rings is 1. The Balaban J connectivity index is 1.38. The number of nitrogens with one attached hydrogen (secondary N) is 1. The van der Waals surface area contributed by atoms with Gasteiger partial charge in [-0.3, -0.25) is 15.2 Å². The third-order valence-corrected chi connectivity index (χ3v) is 5.29. The number of hydrogen-bond acceptors (Lipinski definition) is 4. The summed E-state index contributed by atoms with van der Waals surface area (Å²) < 4.78 is 38.2. The maximum absolute atomic E-state index is 12.7. The molecule has 146 valence electrons. The molecule has 28 heavy (non-hydrogen) atoms. The molecule has 0 saturated carbocycles. The van der Waals surface area contributed by atoms with Crippen LogP contribution in [0.15, 0.2) is 53.9 Å². The van der Waals surface area contributed by atoms with Gasteiger partial charge in [-0.05, 0) is 42.2 Å². The summed E-state index contributed by atoms with van der Waals surface area (Å²) in [6, 6.07) is 8.88. The van der Waals surface area contributed by atoms with Crippen LogP contribution in [0.4, 0.5) is 13.2 Å². The summed E-state index contributed by atoms with van der Waals surface area (Å²) in [6.07, 6.45) is 0.467. The van der Waals surface area contributed by atoms with E-state index in [4.69, 9.17) is 0 Å². The normalized spacial score (nSPS) is 22.8. The number of pyridine rings is 1. The Morgan fingerprint density at radius 2 is 1.75 bits per heavy atom. The van der Waals surface area contributed by atoms with Crippen LogP contribution in [0.1, 0.15) is 41.9 Å². The van der Waals surface area contributed by atoms with Crippen molar-refractivity contribution in [3.05, 3.63) is 65.5 Å². The van der Waals surface area contributed by atoms with E-state index in [9.17, 15) is 18.0 Å². The molecular weight excluding hydrogens is 369 g/mol. The average molecular weight is 388 g/mol. The van der Waals surface area contributed by atoms with E-state index in [-0.39, 0.29) is 24.4 Å². The van der Waals surface area contributed by atoms with E-state index in [2.05, 4.69) is 15.5 Å². The molecule has 2 atom stereocenters. The lowest BCUT2D eigenvalue weighted by molar-refractivity contribution is -0.138. The van der Waals surface area contributed by atoms with Crippen molar-refractivity contribution in [3.63, 3.8) is 0 Å². The van der Waals surface area contributed by atoms with Crippen LogP contribution in [-0.4, -0.2) is 34.2 Å². The summed E-state index contributed by atoms with van der Waals surface area (Å²) in [7, 11) is 0. The minimum atomic E-state index is -4.35. The predicted molar refractivity (Wildman–Crippen MR) is 97.4 cm³/mol. The van der Waals surface area contributed by atoms with Crippen LogP contribution < -0.4 is 5.43 Å². The number of carbonyl (C=O) groups is 1. The molecule has 2 aromatic rings. The standard InChI is InChI=1S/C20H19F3N4O/c21-20(22,23)16-3-1-13(2-4-16)15-7-10-27(19(28)11-15)18-12-17(25-26-18)14-5-8-24-9-6-14/h1-6,8-9,15,18,26H,7,10-12H2. The topological polar surface area (TPSA) is 57.6 Å². The lowest BCUT2D eigenvalue weighted by atomic mass is 9.88. The van der Waals surface area contributed by atoms with E-state index in [1.807, 2.05) is 12.1 Å². The number of likely N-dealkylation sites (tertiary alicyclic amines) is 1. The number of hydrogen-bond donors (Lipinski definition) is 1. The molecule has 1 fully saturated rings. The molecule has 4 rings (SSSR count). The van der Waals surface area contributed by atoms with Crippen molar-refractivity contribution in [2.24, 2.45) is 5.10 Å². The monoisotopic (exact) mass is 388 g/mol. The van der Waals surface area contributed by atoms with Crippen molar-refractivity contribution in [3.8, 4) is 0 Å². The van der Waals surface area contributed by atoms with E-state index in [1.165, 1.54) is 12.1 Å². The van der Waals surface area contributed by atoms with Gasteiger partial charge in [-0.2, -0.15) is 18.3 Å². The smallest absolute Gasteiger partial charge is 0.321 e. The molecule has 1 aromatic heterocycles. The van der Waals surface area contributed by atoms with Crippen LogP contribution in [-0.2, 0) is 11.0 Å². The second kappa shape index (κ2) is 7.26. The Labute approximate surface area is 160 Å². The summed E-state index contributed by atoms with van der Waals surface area (Å²) in [5.41, 5.74) is 4.98. The Morgan fingerprint density at radius 1 is 1.04 bits per heavy atom. The van der Waals surface area contributed by atoms with Crippen LogP contribution >= 0.6 is 0 Å². The molecule has 3 heterocycles. The highest BCUT2D eigenvalue weighted by atomic mass is 19.4. The molecule has 1 amide bonds. The number of alkyl halides is 3. The summed E-state index contributed by atoms with van der Waals surface area (Å²) in [4.78, 5) is 18.4. The number of amides is 1. The van der Waals surface area contributed by atoms with Crippen LogP contribution in [0.3, 0.4) is 0 Å². The van der Waals surface area contributed by atoms with Gasteiger partial charge in [-0.25, -0.2) is 0 Å². The molecule has 2 unspecified atom stereocenters. The number of nitrogens with zero attached hydrogens (tertiary/aromatic N) is 3. The first kappa shape index (κ1) is 18.5. The Morgan fingerprint density at radius 3 is 2.39 bits per heavy atom. The van der Waals surface area contributed by atoms with Crippen LogP contribution in [0.25, 0.3) is 0 Å². The summed E-state index contributed by atoms with van der Waals surface area (Å²) in [5, 5.41) is 4.35. The van der Waals surface area contributed by atoms with Crippen molar-refractivity contribution in [1.29, 1.82) is 0 Å². The third kappa shape index (κ3) is 3.72.